The Morgan fingerprint density at radius 3 is 2.76 bits per heavy atom. The Bertz CT molecular complexity index is 435. The topological polar surface area (TPSA) is 127 Å². The van der Waals surface area contributed by atoms with Gasteiger partial charge in [0.15, 0.2) is 0 Å². The van der Waals surface area contributed by atoms with Gasteiger partial charge in [-0.25, -0.2) is 4.39 Å². The standard InChI is InChI=1S/C9H12FN5O2/c10-6-3-5(1-2-7(6)14-11)9(17)8(16)4-13-15-12/h1-3,8-9,14,16-17H,4,11H2. The third kappa shape index (κ3) is 3.30. The maximum absolute atomic E-state index is 13.3. The van der Waals surface area contributed by atoms with Gasteiger partial charge in [0.25, 0.3) is 0 Å². The summed E-state index contributed by atoms with van der Waals surface area (Å²) < 4.78 is 13.3. The van der Waals surface area contributed by atoms with Crippen molar-refractivity contribution in [2.75, 3.05) is 12.0 Å². The number of azide groups is 1. The van der Waals surface area contributed by atoms with Crippen LogP contribution in [0.3, 0.4) is 0 Å². The van der Waals surface area contributed by atoms with E-state index in [0.29, 0.717) is 0 Å². The number of aliphatic hydroxyl groups is 2. The molecule has 0 heterocycles. The fraction of sp³-hybridized carbons (Fsp3) is 0.333. The number of benzene rings is 1. The van der Waals surface area contributed by atoms with Gasteiger partial charge in [0.05, 0.1) is 18.3 Å². The number of aliphatic hydroxyl groups excluding tert-OH is 2. The molecule has 0 radical (unpaired) electrons. The molecule has 2 atom stereocenters. The Kier molecular flexibility index (Phi) is 4.68. The Labute approximate surface area is 96.3 Å². The van der Waals surface area contributed by atoms with Crippen molar-refractivity contribution in [3.05, 3.63) is 40.0 Å². The summed E-state index contributed by atoms with van der Waals surface area (Å²) in [6.07, 6.45) is -2.62. The largest absolute Gasteiger partial charge is 0.390 e. The van der Waals surface area contributed by atoms with Crippen LogP contribution in [0.1, 0.15) is 11.7 Å². The summed E-state index contributed by atoms with van der Waals surface area (Å²) in [5, 5.41) is 22.2. The zero-order chi connectivity index (χ0) is 12.8. The predicted octanol–water partition coefficient (Wildman–Crippen LogP) is 0.816. The van der Waals surface area contributed by atoms with Crippen molar-refractivity contribution in [1.29, 1.82) is 0 Å². The number of nitrogens with two attached hydrogens (primary N) is 1. The van der Waals surface area contributed by atoms with E-state index >= 15 is 0 Å². The van der Waals surface area contributed by atoms with Crippen LogP contribution in [-0.2, 0) is 0 Å². The lowest BCUT2D eigenvalue weighted by molar-refractivity contribution is 0.0242. The average molecular weight is 241 g/mol. The molecule has 5 N–H and O–H groups in total. The van der Waals surface area contributed by atoms with E-state index in [2.05, 4.69) is 15.5 Å². The fourth-order valence-electron chi connectivity index (χ4n) is 1.27. The van der Waals surface area contributed by atoms with Crippen LogP contribution in [0.2, 0.25) is 0 Å². The minimum atomic E-state index is -1.33. The molecule has 0 saturated heterocycles. The molecular weight excluding hydrogens is 229 g/mol. The Balaban J connectivity index is 2.85. The molecule has 17 heavy (non-hydrogen) atoms. The maximum atomic E-state index is 13.3. The van der Waals surface area contributed by atoms with Crippen molar-refractivity contribution in [2.45, 2.75) is 12.2 Å². The van der Waals surface area contributed by atoms with Gasteiger partial charge in [0.2, 0.25) is 0 Å². The number of anilines is 1. The number of hydrogen-bond acceptors (Lipinski definition) is 5. The number of nitrogens with zero attached hydrogens (tertiary/aromatic N) is 3. The first-order valence-electron chi connectivity index (χ1n) is 4.73. The van der Waals surface area contributed by atoms with E-state index in [1.54, 1.807) is 0 Å². The highest BCUT2D eigenvalue weighted by Crippen LogP contribution is 2.22. The van der Waals surface area contributed by atoms with E-state index in [1.807, 2.05) is 0 Å². The number of hydrogen-bond donors (Lipinski definition) is 4. The van der Waals surface area contributed by atoms with Crippen LogP contribution in [0.25, 0.3) is 10.4 Å². The Morgan fingerprint density at radius 2 is 2.24 bits per heavy atom. The molecule has 2 unspecified atom stereocenters. The molecule has 1 rings (SSSR count). The van der Waals surface area contributed by atoms with Crippen LogP contribution >= 0.6 is 0 Å². The molecule has 0 spiro atoms. The minimum absolute atomic E-state index is 0.0745. The van der Waals surface area contributed by atoms with Gasteiger partial charge in [-0.05, 0) is 23.2 Å². The SMILES string of the molecule is [N-]=[N+]=NCC(O)C(O)c1ccc(NN)c(F)c1. The van der Waals surface area contributed by atoms with Gasteiger partial charge in [0, 0.05) is 4.91 Å². The molecule has 7 nitrogen and oxygen atoms in total. The van der Waals surface area contributed by atoms with Gasteiger partial charge in [-0.1, -0.05) is 11.2 Å². The lowest BCUT2D eigenvalue weighted by atomic mass is 10.0. The van der Waals surface area contributed by atoms with Crippen LogP contribution in [0.5, 0.6) is 0 Å². The highest BCUT2D eigenvalue weighted by molar-refractivity contribution is 5.45. The third-order valence-corrected chi connectivity index (χ3v) is 2.19. The third-order valence-electron chi connectivity index (χ3n) is 2.19. The molecule has 1 aromatic carbocycles. The second-order valence-electron chi connectivity index (χ2n) is 3.31. The first-order valence-corrected chi connectivity index (χ1v) is 4.73. The van der Waals surface area contributed by atoms with Crippen LogP contribution in [0.4, 0.5) is 10.1 Å². The monoisotopic (exact) mass is 241 g/mol. The van der Waals surface area contributed by atoms with Crippen molar-refractivity contribution < 1.29 is 14.6 Å². The van der Waals surface area contributed by atoms with Crippen LogP contribution < -0.4 is 11.3 Å². The highest BCUT2D eigenvalue weighted by Gasteiger charge is 2.18. The quantitative estimate of drug-likeness (QED) is 0.200. The Hall–Kier alpha value is -1.86. The summed E-state index contributed by atoms with van der Waals surface area (Å²) in [5.41, 5.74) is 10.4. The molecule has 0 aliphatic heterocycles. The molecule has 0 aliphatic carbocycles. The van der Waals surface area contributed by atoms with Crippen LogP contribution in [0, 0.1) is 5.82 Å². The minimum Gasteiger partial charge on any atom is -0.390 e. The molecule has 0 saturated carbocycles. The van der Waals surface area contributed by atoms with Crippen molar-refractivity contribution >= 4 is 5.69 Å². The maximum Gasteiger partial charge on any atom is 0.147 e. The highest BCUT2D eigenvalue weighted by atomic mass is 19.1. The van der Waals surface area contributed by atoms with Gasteiger partial charge in [-0.2, -0.15) is 0 Å². The van der Waals surface area contributed by atoms with Gasteiger partial charge >= 0.3 is 0 Å². The first kappa shape index (κ1) is 13.2. The lowest BCUT2D eigenvalue weighted by Gasteiger charge is -2.16. The summed E-state index contributed by atoms with van der Waals surface area (Å²) >= 11 is 0. The van der Waals surface area contributed by atoms with E-state index in [-0.39, 0.29) is 17.8 Å². The van der Waals surface area contributed by atoms with Gasteiger partial charge < -0.3 is 15.6 Å². The van der Waals surface area contributed by atoms with Gasteiger partial charge in [-0.15, -0.1) is 0 Å². The molecule has 0 fully saturated rings. The summed E-state index contributed by atoms with van der Waals surface area (Å²) in [5.74, 6) is 4.39. The molecular formula is C9H12FN5O2. The summed E-state index contributed by atoms with van der Waals surface area (Å²) in [4.78, 5) is 2.45. The Morgan fingerprint density at radius 1 is 1.53 bits per heavy atom. The van der Waals surface area contributed by atoms with E-state index in [1.165, 1.54) is 12.1 Å². The van der Waals surface area contributed by atoms with Crippen molar-refractivity contribution in [1.82, 2.24) is 0 Å². The van der Waals surface area contributed by atoms with Crippen LogP contribution in [0.15, 0.2) is 23.3 Å². The van der Waals surface area contributed by atoms with E-state index in [4.69, 9.17) is 11.4 Å². The molecule has 0 aliphatic rings. The molecule has 0 bridgehead atoms. The number of nitrogens with one attached hydrogen (secondary N) is 1. The predicted molar refractivity (Wildman–Crippen MR) is 59.2 cm³/mol. The second kappa shape index (κ2) is 6.02. The average Bonchev–Trinajstić information content (AvgIpc) is 2.34. The summed E-state index contributed by atoms with van der Waals surface area (Å²) in [7, 11) is 0. The number of rotatable bonds is 5. The van der Waals surface area contributed by atoms with Crippen molar-refractivity contribution in [3.8, 4) is 0 Å². The van der Waals surface area contributed by atoms with Gasteiger partial charge in [-0.3, -0.25) is 5.84 Å². The zero-order valence-electron chi connectivity index (χ0n) is 8.79. The zero-order valence-corrected chi connectivity index (χ0v) is 8.79. The van der Waals surface area contributed by atoms with E-state index in [9.17, 15) is 14.6 Å². The van der Waals surface area contributed by atoms with E-state index in [0.717, 1.165) is 6.07 Å². The fourth-order valence-corrected chi connectivity index (χ4v) is 1.27. The second-order valence-corrected chi connectivity index (χ2v) is 3.31. The summed E-state index contributed by atoms with van der Waals surface area (Å²) in [6, 6.07) is 3.77. The van der Waals surface area contributed by atoms with E-state index < -0.39 is 18.0 Å². The van der Waals surface area contributed by atoms with Crippen LogP contribution in [-0.4, -0.2) is 22.9 Å². The van der Waals surface area contributed by atoms with Crippen molar-refractivity contribution in [3.63, 3.8) is 0 Å². The normalized spacial score (nSPS) is 13.6. The first-order chi connectivity index (χ1) is 8.10. The molecule has 1 aromatic rings. The number of halogens is 1. The summed E-state index contributed by atoms with van der Waals surface area (Å²) in [6.45, 7) is -0.295. The molecule has 0 amide bonds. The van der Waals surface area contributed by atoms with Crippen molar-refractivity contribution in [2.24, 2.45) is 11.0 Å². The molecule has 8 heteroatoms. The molecule has 92 valence electrons. The number of nitrogen functional groups attached to an aromatic ring is 1. The smallest absolute Gasteiger partial charge is 0.147 e. The lowest BCUT2D eigenvalue weighted by Crippen LogP contribution is -2.21. The number of hydrazine groups is 1. The molecule has 0 aromatic heterocycles. The van der Waals surface area contributed by atoms with Gasteiger partial charge in [0.1, 0.15) is 11.9 Å².